The monoisotopic (exact) mass is 320 g/mol. The van der Waals surface area contributed by atoms with Crippen molar-refractivity contribution in [2.75, 3.05) is 5.32 Å². The van der Waals surface area contributed by atoms with Crippen LogP contribution in [0, 0.1) is 18.6 Å². The Morgan fingerprint density at radius 1 is 1.18 bits per heavy atom. The summed E-state index contributed by atoms with van der Waals surface area (Å²) in [6.45, 7) is 1.77. The van der Waals surface area contributed by atoms with Gasteiger partial charge in [0.25, 0.3) is 5.91 Å². The molecule has 0 atom stereocenters. The van der Waals surface area contributed by atoms with Crippen molar-refractivity contribution in [2.45, 2.75) is 6.92 Å². The summed E-state index contributed by atoms with van der Waals surface area (Å²) in [6.07, 6.45) is 0. The van der Waals surface area contributed by atoms with Gasteiger partial charge in [0, 0.05) is 22.0 Å². The number of carbonyl (C=O) groups excluding carboxylic acids is 1. The molecular weight excluding hydrogens is 310 g/mol. The molecule has 0 radical (unpaired) electrons. The molecule has 0 spiro atoms. The lowest BCUT2D eigenvalue weighted by atomic mass is 10.1. The second-order valence-electron chi connectivity index (χ2n) is 4.89. The van der Waals surface area contributed by atoms with Gasteiger partial charge in [0.05, 0.1) is 5.69 Å². The zero-order valence-electron chi connectivity index (χ0n) is 11.5. The van der Waals surface area contributed by atoms with Gasteiger partial charge in [-0.05, 0) is 42.8 Å². The van der Waals surface area contributed by atoms with Gasteiger partial charge in [0.15, 0.2) is 0 Å². The van der Waals surface area contributed by atoms with E-state index in [9.17, 15) is 13.6 Å². The van der Waals surface area contributed by atoms with E-state index in [1.807, 2.05) is 0 Å². The van der Waals surface area contributed by atoms with Gasteiger partial charge in [-0.2, -0.15) is 0 Å². The van der Waals surface area contributed by atoms with E-state index in [0.29, 0.717) is 22.3 Å². The first-order valence-corrected chi connectivity index (χ1v) is 6.88. The molecule has 0 fully saturated rings. The maximum absolute atomic E-state index is 13.6. The van der Waals surface area contributed by atoms with Gasteiger partial charge in [-0.15, -0.1) is 0 Å². The summed E-state index contributed by atoms with van der Waals surface area (Å²) in [5.74, 6) is -2.03. The fraction of sp³-hybridized carbons (Fsp3) is 0.0625. The van der Waals surface area contributed by atoms with Crippen LogP contribution in [0.25, 0.3) is 10.9 Å². The Labute approximate surface area is 129 Å². The number of aryl methyl sites for hydroxylation is 1. The Bertz CT molecular complexity index is 889. The lowest BCUT2D eigenvalue weighted by Crippen LogP contribution is -2.14. The van der Waals surface area contributed by atoms with E-state index < -0.39 is 17.5 Å². The van der Waals surface area contributed by atoms with Crippen molar-refractivity contribution in [1.82, 2.24) is 4.98 Å². The van der Waals surface area contributed by atoms with Crippen LogP contribution in [0.4, 0.5) is 14.5 Å². The van der Waals surface area contributed by atoms with Gasteiger partial charge in [0.2, 0.25) is 0 Å². The van der Waals surface area contributed by atoms with Crippen molar-refractivity contribution >= 4 is 34.1 Å². The van der Waals surface area contributed by atoms with Crippen LogP contribution < -0.4 is 5.32 Å². The highest BCUT2D eigenvalue weighted by Crippen LogP contribution is 2.26. The van der Waals surface area contributed by atoms with E-state index in [-0.39, 0.29) is 5.69 Å². The fourth-order valence-corrected chi connectivity index (χ4v) is 2.47. The molecule has 3 rings (SSSR count). The molecule has 0 saturated carbocycles. The second kappa shape index (κ2) is 5.42. The Morgan fingerprint density at radius 2 is 1.95 bits per heavy atom. The molecule has 1 aromatic heterocycles. The van der Waals surface area contributed by atoms with Crippen LogP contribution in [0.15, 0.2) is 36.4 Å². The normalized spacial score (nSPS) is 10.9. The largest absolute Gasteiger partial charge is 0.350 e. The zero-order chi connectivity index (χ0) is 15.9. The predicted octanol–water partition coefficient (Wildman–Crippen LogP) is 4.66. The number of H-pyrrole nitrogens is 1. The standard InChI is InChI=1S/C16H11ClF2N2O/c1-8-11-6-9(17)2-4-13(11)20-15(8)16(22)21-14-5-3-10(18)7-12(14)19/h2-7,20H,1H3,(H,21,22). The van der Waals surface area contributed by atoms with E-state index in [0.717, 1.165) is 17.0 Å². The smallest absolute Gasteiger partial charge is 0.272 e. The van der Waals surface area contributed by atoms with E-state index in [2.05, 4.69) is 10.3 Å². The number of anilines is 1. The Kier molecular flexibility index (Phi) is 3.58. The molecular formula is C16H11ClF2N2O. The minimum absolute atomic E-state index is 0.0810. The summed E-state index contributed by atoms with van der Waals surface area (Å²) in [6, 6.07) is 8.19. The third kappa shape index (κ3) is 2.55. The molecule has 6 heteroatoms. The van der Waals surface area contributed by atoms with E-state index in [1.165, 1.54) is 6.07 Å². The minimum atomic E-state index is -0.829. The number of halogens is 3. The molecule has 0 aliphatic rings. The molecule has 3 nitrogen and oxygen atoms in total. The summed E-state index contributed by atoms with van der Waals surface area (Å²) in [7, 11) is 0. The second-order valence-corrected chi connectivity index (χ2v) is 5.33. The van der Waals surface area contributed by atoms with Crippen molar-refractivity contribution in [3.05, 3.63) is 64.3 Å². The number of aromatic amines is 1. The maximum Gasteiger partial charge on any atom is 0.272 e. The number of aromatic nitrogens is 1. The highest BCUT2D eigenvalue weighted by Gasteiger charge is 2.16. The van der Waals surface area contributed by atoms with Crippen LogP contribution in [0.2, 0.25) is 5.02 Å². The van der Waals surface area contributed by atoms with Crippen LogP contribution in [0.1, 0.15) is 16.1 Å². The van der Waals surface area contributed by atoms with Crippen molar-refractivity contribution in [3.63, 3.8) is 0 Å². The van der Waals surface area contributed by atoms with E-state index in [4.69, 9.17) is 11.6 Å². The number of nitrogens with one attached hydrogen (secondary N) is 2. The zero-order valence-corrected chi connectivity index (χ0v) is 12.3. The third-order valence-corrected chi connectivity index (χ3v) is 3.66. The Morgan fingerprint density at radius 3 is 2.68 bits per heavy atom. The number of amides is 1. The van der Waals surface area contributed by atoms with Gasteiger partial charge < -0.3 is 10.3 Å². The van der Waals surface area contributed by atoms with Gasteiger partial charge in [-0.3, -0.25) is 4.79 Å². The van der Waals surface area contributed by atoms with Gasteiger partial charge in [-0.1, -0.05) is 11.6 Å². The molecule has 1 amide bonds. The van der Waals surface area contributed by atoms with E-state index >= 15 is 0 Å². The molecule has 2 N–H and O–H groups in total. The quantitative estimate of drug-likeness (QED) is 0.708. The van der Waals surface area contributed by atoms with Crippen LogP contribution in [-0.2, 0) is 0 Å². The van der Waals surface area contributed by atoms with E-state index in [1.54, 1.807) is 25.1 Å². The lowest BCUT2D eigenvalue weighted by Gasteiger charge is -2.06. The molecule has 0 aliphatic heterocycles. The SMILES string of the molecule is Cc1c(C(=O)Nc2ccc(F)cc2F)[nH]c2ccc(Cl)cc12. The Balaban J connectivity index is 1.97. The highest BCUT2D eigenvalue weighted by atomic mass is 35.5. The topological polar surface area (TPSA) is 44.9 Å². The summed E-state index contributed by atoms with van der Waals surface area (Å²) < 4.78 is 26.5. The van der Waals surface area contributed by atoms with Crippen molar-refractivity contribution in [1.29, 1.82) is 0 Å². The Hall–Kier alpha value is -2.40. The first-order valence-electron chi connectivity index (χ1n) is 6.50. The van der Waals surface area contributed by atoms with Crippen molar-refractivity contribution in [3.8, 4) is 0 Å². The van der Waals surface area contributed by atoms with Gasteiger partial charge in [-0.25, -0.2) is 8.78 Å². The molecule has 0 saturated heterocycles. The summed E-state index contributed by atoms with van der Waals surface area (Å²) in [5, 5.41) is 3.80. The molecule has 0 aliphatic carbocycles. The fourth-order valence-electron chi connectivity index (χ4n) is 2.30. The van der Waals surface area contributed by atoms with Crippen molar-refractivity contribution < 1.29 is 13.6 Å². The number of fused-ring (bicyclic) bond motifs is 1. The number of hydrogen-bond acceptors (Lipinski definition) is 1. The summed E-state index contributed by atoms with van der Waals surface area (Å²) in [5.41, 5.74) is 1.69. The first-order chi connectivity index (χ1) is 10.5. The minimum Gasteiger partial charge on any atom is -0.350 e. The maximum atomic E-state index is 13.6. The van der Waals surface area contributed by atoms with Crippen molar-refractivity contribution in [2.24, 2.45) is 0 Å². The summed E-state index contributed by atoms with van der Waals surface area (Å²) >= 11 is 5.95. The average Bonchev–Trinajstić information content (AvgIpc) is 2.79. The van der Waals surface area contributed by atoms with Crippen LogP contribution >= 0.6 is 11.6 Å². The van der Waals surface area contributed by atoms with Crippen LogP contribution in [0.3, 0.4) is 0 Å². The van der Waals surface area contributed by atoms with Crippen LogP contribution in [-0.4, -0.2) is 10.9 Å². The highest BCUT2D eigenvalue weighted by molar-refractivity contribution is 6.31. The molecule has 22 heavy (non-hydrogen) atoms. The summed E-state index contributed by atoms with van der Waals surface area (Å²) in [4.78, 5) is 15.3. The lowest BCUT2D eigenvalue weighted by molar-refractivity contribution is 0.102. The number of benzene rings is 2. The van der Waals surface area contributed by atoms with Gasteiger partial charge in [0.1, 0.15) is 17.3 Å². The third-order valence-electron chi connectivity index (χ3n) is 3.43. The molecule has 0 bridgehead atoms. The molecule has 0 unspecified atom stereocenters. The number of carbonyl (C=O) groups is 1. The number of rotatable bonds is 2. The first kappa shape index (κ1) is 14.5. The predicted molar refractivity (Wildman–Crippen MR) is 82.4 cm³/mol. The molecule has 3 aromatic rings. The average molecular weight is 321 g/mol. The van der Waals surface area contributed by atoms with Crippen LogP contribution in [0.5, 0.6) is 0 Å². The molecule has 1 heterocycles. The molecule has 2 aromatic carbocycles. The van der Waals surface area contributed by atoms with Gasteiger partial charge >= 0.3 is 0 Å². The number of hydrogen-bond donors (Lipinski definition) is 2. The molecule has 112 valence electrons.